The van der Waals surface area contributed by atoms with Gasteiger partial charge in [0.15, 0.2) is 0 Å². The number of hydrogen-bond donors (Lipinski definition) is 1. The molecular formula is C11H19N3. The van der Waals surface area contributed by atoms with Crippen molar-refractivity contribution in [3.8, 4) is 0 Å². The van der Waals surface area contributed by atoms with Crippen LogP contribution in [-0.4, -0.2) is 9.78 Å². The zero-order chi connectivity index (χ0) is 10.5. The first-order valence-corrected chi connectivity index (χ1v) is 5.19. The lowest BCUT2D eigenvalue weighted by Crippen LogP contribution is -2.30. The van der Waals surface area contributed by atoms with Gasteiger partial charge < -0.3 is 5.73 Å². The Morgan fingerprint density at radius 1 is 1.50 bits per heavy atom. The highest BCUT2D eigenvalue weighted by molar-refractivity contribution is 5.32. The van der Waals surface area contributed by atoms with Crippen molar-refractivity contribution >= 4 is 0 Å². The Bertz CT molecular complexity index is 363. The third kappa shape index (κ3) is 1.36. The molecule has 0 fully saturated rings. The van der Waals surface area contributed by atoms with Crippen LogP contribution in [0.1, 0.15) is 43.3 Å². The van der Waals surface area contributed by atoms with Crippen LogP contribution in [0.5, 0.6) is 0 Å². The van der Waals surface area contributed by atoms with E-state index in [1.807, 2.05) is 11.7 Å². The van der Waals surface area contributed by atoms with E-state index in [1.165, 1.54) is 11.3 Å². The average Bonchev–Trinajstić information content (AvgIpc) is 2.24. The Labute approximate surface area is 85.3 Å². The van der Waals surface area contributed by atoms with E-state index in [2.05, 4.69) is 25.9 Å². The first kappa shape index (κ1) is 9.71. The Hall–Kier alpha value is -0.830. The maximum atomic E-state index is 6.18. The molecule has 1 aromatic heterocycles. The van der Waals surface area contributed by atoms with Crippen molar-refractivity contribution in [2.75, 3.05) is 0 Å². The molecule has 14 heavy (non-hydrogen) atoms. The predicted molar refractivity (Wildman–Crippen MR) is 57.0 cm³/mol. The molecule has 1 aromatic rings. The summed E-state index contributed by atoms with van der Waals surface area (Å²) in [6.45, 7) is 6.60. The molecule has 0 bridgehead atoms. The van der Waals surface area contributed by atoms with Gasteiger partial charge in [0.1, 0.15) is 0 Å². The van der Waals surface area contributed by atoms with Crippen molar-refractivity contribution < 1.29 is 0 Å². The predicted octanol–water partition coefficient (Wildman–Crippen LogP) is 1.70. The lowest BCUT2D eigenvalue weighted by atomic mass is 9.74. The molecule has 1 atom stereocenters. The second-order valence-corrected chi connectivity index (χ2v) is 5.22. The van der Waals surface area contributed by atoms with E-state index in [9.17, 15) is 0 Å². The Morgan fingerprint density at radius 2 is 2.14 bits per heavy atom. The van der Waals surface area contributed by atoms with Gasteiger partial charge in [-0.1, -0.05) is 13.8 Å². The molecule has 1 aliphatic rings. The van der Waals surface area contributed by atoms with Crippen LogP contribution in [0.3, 0.4) is 0 Å². The minimum atomic E-state index is 0.169. The van der Waals surface area contributed by atoms with Crippen LogP contribution in [0, 0.1) is 12.3 Å². The van der Waals surface area contributed by atoms with E-state index >= 15 is 0 Å². The topological polar surface area (TPSA) is 43.8 Å². The first-order chi connectivity index (χ1) is 6.41. The fourth-order valence-corrected chi connectivity index (χ4v) is 2.64. The summed E-state index contributed by atoms with van der Waals surface area (Å²) in [6, 6.07) is 0.169. The molecule has 1 unspecified atom stereocenters. The fraction of sp³-hybridized carbons (Fsp3) is 0.727. The third-order valence-electron chi connectivity index (χ3n) is 3.18. The van der Waals surface area contributed by atoms with Crippen LogP contribution >= 0.6 is 0 Å². The van der Waals surface area contributed by atoms with Crippen molar-refractivity contribution in [3.63, 3.8) is 0 Å². The third-order valence-corrected chi connectivity index (χ3v) is 3.18. The summed E-state index contributed by atoms with van der Waals surface area (Å²) in [5.74, 6) is 0. The van der Waals surface area contributed by atoms with Crippen molar-refractivity contribution in [3.05, 3.63) is 17.0 Å². The summed E-state index contributed by atoms with van der Waals surface area (Å²) in [6.07, 6.45) is 2.15. The average molecular weight is 193 g/mol. The molecule has 78 valence electrons. The zero-order valence-electron chi connectivity index (χ0n) is 9.46. The number of fused-ring (bicyclic) bond motifs is 1. The summed E-state index contributed by atoms with van der Waals surface area (Å²) in [5.41, 5.74) is 10.2. The lowest BCUT2D eigenvalue weighted by Gasteiger charge is -2.33. The van der Waals surface area contributed by atoms with Gasteiger partial charge in [0.25, 0.3) is 0 Å². The molecule has 0 saturated heterocycles. The lowest BCUT2D eigenvalue weighted by molar-refractivity contribution is 0.275. The number of aryl methyl sites for hydroxylation is 2. The molecule has 0 aromatic carbocycles. The van der Waals surface area contributed by atoms with Gasteiger partial charge in [-0.3, -0.25) is 4.68 Å². The molecule has 0 spiro atoms. The number of hydrogen-bond acceptors (Lipinski definition) is 2. The second-order valence-electron chi connectivity index (χ2n) is 5.22. The van der Waals surface area contributed by atoms with Gasteiger partial charge >= 0.3 is 0 Å². The monoisotopic (exact) mass is 193 g/mol. The molecule has 2 N–H and O–H groups in total. The number of aromatic nitrogens is 2. The van der Waals surface area contributed by atoms with E-state index in [0.29, 0.717) is 5.41 Å². The Kier molecular flexibility index (Phi) is 1.96. The van der Waals surface area contributed by atoms with E-state index < -0.39 is 0 Å². The van der Waals surface area contributed by atoms with Gasteiger partial charge in [-0.05, 0) is 25.2 Å². The number of nitrogens with two attached hydrogens (primary N) is 1. The van der Waals surface area contributed by atoms with Crippen LogP contribution in [-0.2, 0) is 13.5 Å². The van der Waals surface area contributed by atoms with Crippen LogP contribution in [0.2, 0.25) is 0 Å². The zero-order valence-corrected chi connectivity index (χ0v) is 9.46. The highest BCUT2D eigenvalue weighted by atomic mass is 15.3. The quantitative estimate of drug-likeness (QED) is 0.681. The van der Waals surface area contributed by atoms with Crippen LogP contribution in [0.4, 0.5) is 0 Å². The van der Waals surface area contributed by atoms with E-state index in [1.54, 1.807) is 0 Å². The molecule has 1 heterocycles. The Morgan fingerprint density at radius 3 is 2.79 bits per heavy atom. The minimum Gasteiger partial charge on any atom is -0.324 e. The first-order valence-electron chi connectivity index (χ1n) is 5.19. The molecule has 1 aliphatic carbocycles. The molecule has 0 amide bonds. The molecule has 0 saturated carbocycles. The van der Waals surface area contributed by atoms with Gasteiger partial charge in [-0.25, -0.2) is 0 Å². The highest BCUT2D eigenvalue weighted by Gasteiger charge is 2.33. The van der Waals surface area contributed by atoms with Crippen molar-refractivity contribution in [1.29, 1.82) is 0 Å². The van der Waals surface area contributed by atoms with Crippen LogP contribution < -0.4 is 5.73 Å². The van der Waals surface area contributed by atoms with Gasteiger partial charge in [-0.15, -0.1) is 0 Å². The number of rotatable bonds is 0. The standard InChI is InChI=1S/C11H19N3/c1-7-10-8(12)5-11(2,3)6-9(10)14(4)13-7/h8H,5-6,12H2,1-4H3. The summed E-state index contributed by atoms with van der Waals surface area (Å²) in [5, 5.41) is 4.45. The normalized spacial score (nSPS) is 24.8. The van der Waals surface area contributed by atoms with Gasteiger partial charge in [-0.2, -0.15) is 5.10 Å². The molecule has 0 aliphatic heterocycles. The number of nitrogens with zero attached hydrogens (tertiary/aromatic N) is 2. The van der Waals surface area contributed by atoms with Gasteiger partial charge in [0.2, 0.25) is 0 Å². The molecule has 3 heteroatoms. The summed E-state index contributed by atoms with van der Waals surface area (Å²) in [4.78, 5) is 0. The Balaban J connectivity index is 2.52. The smallest absolute Gasteiger partial charge is 0.0644 e. The SMILES string of the molecule is Cc1nn(C)c2c1C(N)CC(C)(C)C2. The molecular weight excluding hydrogens is 174 g/mol. The molecule has 3 nitrogen and oxygen atoms in total. The molecule has 0 radical (unpaired) electrons. The fourth-order valence-electron chi connectivity index (χ4n) is 2.64. The van der Waals surface area contributed by atoms with E-state index in [4.69, 9.17) is 5.73 Å². The van der Waals surface area contributed by atoms with Crippen molar-refractivity contribution in [2.45, 2.75) is 39.7 Å². The van der Waals surface area contributed by atoms with E-state index in [-0.39, 0.29) is 6.04 Å². The van der Waals surface area contributed by atoms with Crippen LogP contribution in [0.25, 0.3) is 0 Å². The van der Waals surface area contributed by atoms with Gasteiger partial charge in [0.05, 0.1) is 5.69 Å². The largest absolute Gasteiger partial charge is 0.324 e. The van der Waals surface area contributed by atoms with E-state index in [0.717, 1.165) is 18.5 Å². The molecule has 2 rings (SSSR count). The maximum absolute atomic E-state index is 6.18. The summed E-state index contributed by atoms with van der Waals surface area (Å²) >= 11 is 0. The highest BCUT2D eigenvalue weighted by Crippen LogP contribution is 2.40. The minimum absolute atomic E-state index is 0.169. The second kappa shape index (κ2) is 2.83. The summed E-state index contributed by atoms with van der Waals surface area (Å²) < 4.78 is 1.99. The van der Waals surface area contributed by atoms with Crippen molar-refractivity contribution in [2.24, 2.45) is 18.2 Å². The maximum Gasteiger partial charge on any atom is 0.0644 e. The van der Waals surface area contributed by atoms with Gasteiger partial charge in [0, 0.05) is 24.3 Å². The summed E-state index contributed by atoms with van der Waals surface area (Å²) in [7, 11) is 2.01. The van der Waals surface area contributed by atoms with Crippen LogP contribution in [0.15, 0.2) is 0 Å². The van der Waals surface area contributed by atoms with Crippen molar-refractivity contribution in [1.82, 2.24) is 9.78 Å².